The van der Waals surface area contributed by atoms with Gasteiger partial charge in [-0.3, -0.25) is 0 Å². The predicted octanol–water partition coefficient (Wildman–Crippen LogP) is 2.97. The SMILES string of the molecule is OC1(CC2CC2)C2CC3CC(C2)CC1C3. The van der Waals surface area contributed by atoms with Crippen molar-refractivity contribution in [2.75, 3.05) is 0 Å². The van der Waals surface area contributed by atoms with E-state index >= 15 is 0 Å². The van der Waals surface area contributed by atoms with E-state index in [4.69, 9.17) is 0 Å². The third-order valence-corrected chi connectivity index (χ3v) is 5.86. The maximum atomic E-state index is 11.0. The Morgan fingerprint density at radius 1 is 0.867 bits per heavy atom. The fraction of sp³-hybridized carbons (Fsp3) is 1.00. The summed E-state index contributed by atoms with van der Waals surface area (Å²) in [5, 5.41) is 11.0. The lowest BCUT2D eigenvalue weighted by atomic mass is 9.49. The number of aliphatic hydroxyl groups is 1. The number of rotatable bonds is 2. The van der Waals surface area contributed by atoms with Crippen molar-refractivity contribution in [2.45, 2.75) is 57.0 Å². The molecule has 0 aromatic rings. The van der Waals surface area contributed by atoms with Gasteiger partial charge in [-0.05, 0) is 68.1 Å². The van der Waals surface area contributed by atoms with Gasteiger partial charge < -0.3 is 5.11 Å². The van der Waals surface area contributed by atoms with Crippen LogP contribution in [0.1, 0.15) is 51.4 Å². The van der Waals surface area contributed by atoms with Crippen LogP contribution < -0.4 is 0 Å². The van der Waals surface area contributed by atoms with Crippen LogP contribution in [0.15, 0.2) is 0 Å². The summed E-state index contributed by atoms with van der Waals surface area (Å²) in [4.78, 5) is 0. The van der Waals surface area contributed by atoms with Gasteiger partial charge in [-0.2, -0.15) is 0 Å². The van der Waals surface area contributed by atoms with Crippen molar-refractivity contribution >= 4 is 0 Å². The third-order valence-electron chi connectivity index (χ3n) is 5.86. The average molecular weight is 206 g/mol. The molecule has 0 atom stereocenters. The van der Waals surface area contributed by atoms with Crippen LogP contribution in [-0.4, -0.2) is 10.7 Å². The Kier molecular flexibility index (Phi) is 1.68. The van der Waals surface area contributed by atoms with E-state index in [0.29, 0.717) is 11.8 Å². The molecule has 0 radical (unpaired) electrons. The Morgan fingerprint density at radius 2 is 1.40 bits per heavy atom. The van der Waals surface area contributed by atoms with Gasteiger partial charge in [0.1, 0.15) is 0 Å². The maximum absolute atomic E-state index is 11.0. The molecular formula is C14H22O. The molecule has 0 aliphatic heterocycles. The summed E-state index contributed by atoms with van der Waals surface area (Å²) in [6, 6.07) is 0. The molecule has 0 aromatic carbocycles. The van der Waals surface area contributed by atoms with Gasteiger partial charge in [0.2, 0.25) is 0 Å². The lowest BCUT2D eigenvalue weighted by Crippen LogP contribution is -2.57. The van der Waals surface area contributed by atoms with Gasteiger partial charge in [0.25, 0.3) is 0 Å². The first-order valence-corrected chi connectivity index (χ1v) is 6.96. The van der Waals surface area contributed by atoms with Gasteiger partial charge in [0, 0.05) is 0 Å². The first-order valence-electron chi connectivity index (χ1n) is 6.96. The van der Waals surface area contributed by atoms with Crippen molar-refractivity contribution in [2.24, 2.45) is 29.6 Å². The fourth-order valence-electron chi connectivity index (χ4n) is 5.12. The highest BCUT2D eigenvalue weighted by atomic mass is 16.3. The van der Waals surface area contributed by atoms with Gasteiger partial charge in [-0.1, -0.05) is 12.8 Å². The molecule has 1 nitrogen and oxygen atoms in total. The van der Waals surface area contributed by atoms with Gasteiger partial charge >= 0.3 is 0 Å². The van der Waals surface area contributed by atoms with Crippen LogP contribution in [0.2, 0.25) is 0 Å². The zero-order valence-corrected chi connectivity index (χ0v) is 9.49. The fourth-order valence-corrected chi connectivity index (χ4v) is 5.12. The van der Waals surface area contributed by atoms with Crippen LogP contribution in [0, 0.1) is 29.6 Å². The largest absolute Gasteiger partial charge is 0.389 e. The Labute approximate surface area is 92.3 Å². The molecule has 0 unspecified atom stereocenters. The second-order valence-corrected chi connectivity index (χ2v) is 6.94. The Hall–Kier alpha value is -0.0400. The molecule has 0 spiro atoms. The lowest BCUT2D eigenvalue weighted by Gasteiger charge is -2.59. The normalized spacial score (nSPS) is 57.4. The first-order chi connectivity index (χ1) is 7.24. The van der Waals surface area contributed by atoms with Crippen LogP contribution in [0.3, 0.4) is 0 Å². The molecule has 0 saturated heterocycles. The Morgan fingerprint density at radius 3 is 1.87 bits per heavy atom. The summed E-state index contributed by atoms with van der Waals surface area (Å²) < 4.78 is 0. The molecule has 5 aliphatic carbocycles. The summed E-state index contributed by atoms with van der Waals surface area (Å²) in [7, 11) is 0. The minimum absolute atomic E-state index is 0.214. The Balaban J connectivity index is 1.62. The minimum Gasteiger partial charge on any atom is -0.389 e. The molecule has 5 fully saturated rings. The zero-order chi connectivity index (χ0) is 10.0. The quantitative estimate of drug-likeness (QED) is 0.736. The summed E-state index contributed by atoms with van der Waals surface area (Å²) >= 11 is 0. The summed E-state index contributed by atoms with van der Waals surface area (Å²) in [5.74, 6) is 4.26. The van der Waals surface area contributed by atoms with Crippen molar-refractivity contribution < 1.29 is 5.11 Å². The number of hydrogen-bond acceptors (Lipinski definition) is 1. The van der Waals surface area contributed by atoms with Crippen molar-refractivity contribution in [3.63, 3.8) is 0 Å². The van der Waals surface area contributed by atoms with Gasteiger partial charge in [0.15, 0.2) is 0 Å². The molecule has 5 aliphatic rings. The van der Waals surface area contributed by atoms with Crippen molar-refractivity contribution in [1.82, 2.24) is 0 Å². The van der Waals surface area contributed by atoms with Crippen LogP contribution in [0.5, 0.6) is 0 Å². The van der Waals surface area contributed by atoms with E-state index in [0.717, 1.165) is 24.2 Å². The zero-order valence-electron chi connectivity index (χ0n) is 9.49. The smallest absolute Gasteiger partial charge is 0.0706 e. The molecule has 15 heavy (non-hydrogen) atoms. The summed E-state index contributed by atoms with van der Waals surface area (Å²) in [6.07, 6.45) is 10.9. The molecule has 0 aromatic heterocycles. The van der Waals surface area contributed by atoms with E-state index in [1.807, 2.05) is 0 Å². The van der Waals surface area contributed by atoms with Crippen LogP contribution in [-0.2, 0) is 0 Å². The second kappa shape index (κ2) is 2.80. The molecule has 5 saturated carbocycles. The molecular weight excluding hydrogens is 184 g/mol. The molecule has 4 bridgehead atoms. The van der Waals surface area contributed by atoms with Crippen LogP contribution in [0.25, 0.3) is 0 Å². The monoisotopic (exact) mass is 206 g/mol. The maximum Gasteiger partial charge on any atom is 0.0706 e. The van der Waals surface area contributed by atoms with Crippen LogP contribution >= 0.6 is 0 Å². The van der Waals surface area contributed by atoms with Crippen molar-refractivity contribution in [3.8, 4) is 0 Å². The highest BCUT2D eigenvalue weighted by molar-refractivity contribution is 5.08. The van der Waals surface area contributed by atoms with Gasteiger partial charge in [-0.15, -0.1) is 0 Å². The Bertz CT molecular complexity index is 251. The van der Waals surface area contributed by atoms with E-state index in [-0.39, 0.29) is 5.60 Å². The van der Waals surface area contributed by atoms with E-state index in [2.05, 4.69) is 0 Å². The number of hydrogen-bond donors (Lipinski definition) is 1. The second-order valence-electron chi connectivity index (χ2n) is 6.94. The standard InChI is InChI=1S/C14H22O/c15-14(8-9-1-2-9)12-4-10-3-11(6-12)7-13(14)5-10/h9-13,15H,1-8H2. The van der Waals surface area contributed by atoms with E-state index < -0.39 is 0 Å². The van der Waals surface area contributed by atoms with Crippen molar-refractivity contribution in [1.29, 1.82) is 0 Å². The molecule has 1 heteroatoms. The molecule has 0 amide bonds. The minimum atomic E-state index is -0.214. The van der Waals surface area contributed by atoms with Gasteiger partial charge in [0.05, 0.1) is 5.60 Å². The van der Waals surface area contributed by atoms with Crippen LogP contribution in [0.4, 0.5) is 0 Å². The average Bonchev–Trinajstić information content (AvgIpc) is 2.97. The van der Waals surface area contributed by atoms with E-state index in [1.54, 1.807) is 0 Å². The lowest BCUT2D eigenvalue weighted by molar-refractivity contribution is -0.178. The van der Waals surface area contributed by atoms with Gasteiger partial charge in [-0.25, -0.2) is 0 Å². The highest BCUT2D eigenvalue weighted by Gasteiger charge is 2.57. The summed E-state index contributed by atoms with van der Waals surface area (Å²) in [5.41, 5.74) is -0.214. The van der Waals surface area contributed by atoms with E-state index in [1.165, 1.54) is 44.9 Å². The molecule has 84 valence electrons. The van der Waals surface area contributed by atoms with Crippen molar-refractivity contribution in [3.05, 3.63) is 0 Å². The summed E-state index contributed by atoms with van der Waals surface area (Å²) in [6.45, 7) is 0. The highest BCUT2D eigenvalue weighted by Crippen LogP contribution is 2.61. The molecule has 0 heterocycles. The topological polar surface area (TPSA) is 20.2 Å². The third kappa shape index (κ3) is 1.25. The van der Waals surface area contributed by atoms with E-state index in [9.17, 15) is 5.11 Å². The predicted molar refractivity (Wildman–Crippen MR) is 59.3 cm³/mol. The first kappa shape index (κ1) is 9.04. The molecule has 1 N–H and O–H groups in total. The molecule has 5 rings (SSSR count).